The molecule has 130 valence electrons. The summed E-state index contributed by atoms with van der Waals surface area (Å²) in [5.74, 6) is 0.828. The lowest BCUT2D eigenvalue weighted by molar-refractivity contribution is 0.0578. The minimum absolute atomic E-state index is 0.218. The summed E-state index contributed by atoms with van der Waals surface area (Å²) >= 11 is 0. The number of hydrogen-bond donors (Lipinski definition) is 1. The average Bonchev–Trinajstić information content (AvgIpc) is 2.58. The Morgan fingerprint density at radius 2 is 1.45 bits per heavy atom. The topological polar surface area (TPSA) is 29.5 Å². The van der Waals surface area contributed by atoms with Crippen LogP contribution in [-0.4, -0.2) is 17.8 Å². The lowest BCUT2D eigenvalue weighted by atomic mass is 9.80. The summed E-state index contributed by atoms with van der Waals surface area (Å²) in [7, 11) is 0. The average molecular weight is 311 g/mol. The number of rotatable bonds is 7. The van der Waals surface area contributed by atoms with E-state index in [9.17, 15) is 5.11 Å². The normalized spacial score (nSPS) is 11.5. The van der Waals surface area contributed by atoms with Gasteiger partial charge in [-0.25, -0.2) is 0 Å². The Balaban J connectivity index is 0. The van der Waals surface area contributed by atoms with Gasteiger partial charge in [-0.15, -0.1) is 0 Å². The van der Waals surface area contributed by atoms with Gasteiger partial charge in [0.05, 0.1) is 6.10 Å². The molecule has 0 aliphatic carbocycles. The molecule has 0 saturated carbocycles. The lowest BCUT2D eigenvalue weighted by Crippen LogP contribution is -2.27. The van der Waals surface area contributed by atoms with Gasteiger partial charge in [-0.2, -0.15) is 0 Å². The number of ether oxygens (including phenoxy) is 1. The molecule has 0 bridgehead atoms. The minimum Gasteiger partial charge on any atom is -0.491 e. The molecule has 0 saturated heterocycles. The highest BCUT2D eigenvalue weighted by molar-refractivity contribution is 5.26. The van der Waals surface area contributed by atoms with Gasteiger partial charge >= 0.3 is 0 Å². The van der Waals surface area contributed by atoms with Crippen molar-refractivity contribution >= 4 is 0 Å². The number of aliphatic hydroxyl groups excluding tert-OH is 1. The Morgan fingerprint density at radius 1 is 1.00 bits per heavy atom. The van der Waals surface area contributed by atoms with Crippen LogP contribution >= 0.6 is 0 Å². The van der Waals surface area contributed by atoms with Crippen molar-refractivity contribution in [2.75, 3.05) is 6.61 Å². The molecule has 1 N–H and O–H groups in total. The highest BCUT2D eigenvalue weighted by Crippen LogP contribution is 2.31. The van der Waals surface area contributed by atoms with Gasteiger partial charge in [0.2, 0.25) is 0 Å². The van der Waals surface area contributed by atoms with E-state index < -0.39 is 6.10 Å². The van der Waals surface area contributed by atoms with Gasteiger partial charge in [0.25, 0.3) is 0 Å². The van der Waals surface area contributed by atoms with Crippen molar-refractivity contribution < 1.29 is 9.84 Å². The molecule has 1 aromatic carbocycles. The second-order valence-electron chi connectivity index (χ2n) is 5.50. The molecule has 0 aromatic heterocycles. The Hall–Kier alpha value is -1.02. The summed E-state index contributed by atoms with van der Waals surface area (Å²) in [6, 6.07) is 7.93. The molecule has 0 spiro atoms. The Morgan fingerprint density at radius 3 is 1.86 bits per heavy atom. The third-order valence-electron chi connectivity index (χ3n) is 3.90. The zero-order valence-corrected chi connectivity index (χ0v) is 16.1. The summed E-state index contributed by atoms with van der Waals surface area (Å²) in [4.78, 5) is 0. The Labute approximate surface area is 138 Å². The molecular formula is C20H38O2. The van der Waals surface area contributed by atoms with Crippen LogP contribution < -0.4 is 4.74 Å². The van der Waals surface area contributed by atoms with Crippen LogP contribution in [0.4, 0.5) is 0 Å². The Kier molecular flexibility index (Phi) is 14.4. The summed E-state index contributed by atoms with van der Waals surface area (Å²) in [6.45, 7) is 17.0. The van der Waals surface area contributed by atoms with Crippen molar-refractivity contribution in [2.24, 2.45) is 5.41 Å². The highest BCUT2D eigenvalue weighted by Gasteiger charge is 2.23. The number of benzene rings is 1. The van der Waals surface area contributed by atoms with Gasteiger partial charge in [0, 0.05) is 0 Å². The molecule has 0 aliphatic heterocycles. The van der Waals surface area contributed by atoms with Gasteiger partial charge < -0.3 is 9.84 Å². The van der Waals surface area contributed by atoms with Crippen molar-refractivity contribution in [3.63, 3.8) is 0 Å². The molecular weight excluding hydrogens is 272 g/mol. The molecule has 22 heavy (non-hydrogen) atoms. The largest absolute Gasteiger partial charge is 0.491 e. The van der Waals surface area contributed by atoms with Gasteiger partial charge in [0.1, 0.15) is 12.4 Å². The van der Waals surface area contributed by atoms with Crippen LogP contribution in [-0.2, 0) is 0 Å². The number of aliphatic hydroxyl groups is 1. The molecule has 2 heteroatoms. The van der Waals surface area contributed by atoms with Crippen LogP contribution in [0.1, 0.15) is 73.3 Å². The van der Waals surface area contributed by atoms with Crippen molar-refractivity contribution in [3.05, 3.63) is 29.8 Å². The molecule has 0 aliphatic rings. The number of aryl methyl sites for hydroxylation is 1. The number of hydrogen-bond acceptors (Lipinski definition) is 2. The molecule has 1 atom stereocenters. The van der Waals surface area contributed by atoms with E-state index in [4.69, 9.17) is 4.74 Å². The SMILES string of the molecule is CC.CC.CCC(C)(CC)CC(O)COc1ccc(C)cc1. The fraction of sp³-hybridized carbons (Fsp3) is 0.700. The van der Waals surface area contributed by atoms with Crippen LogP contribution in [0.5, 0.6) is 5.75 Å². The minimum atomic E-state index is -0.392. The van der Waals surface area contributed by atoms with Gasteiger partial charge in [-0.05, 0) is 30.9 Å². The van der Waals surface area contributed by atoms with Crippen molar-refractivity contribution in [1.29, 1.82) is 0 Å². The van der Waals surface area contributed by atoms with Crippen molar-refractivity contribution in [1.82, 2.24) is 0 Å². The van der Waals surface area contributed by atoms with Crippen LogP contribution in [0, 0.1) is 12.3 Å². The van der Waals surface area contributed by atoms with E-state index in [1.54, 1.807) is 0 Å². The molecule has 0 radical (unpaired) electrons. The van der Waals surface area contributed by atoms with Crippen molar-refractivity contribution in [2.45, 2.75) is 80.8 Å². The summed E-state index contributed by atoms with van der Waals surface area (Å²) in [6.07, 6.45) is 2.58. The van der Waals surface area contributed by atoms with Crippen LogP contribution in [0.15, 0.2) is 24.3 Å². The molecule has 1 unspecified atom stereocenters. The van der Waals surface area contributed by atoms with E-state index in [-0.39, 0.29) is 5.41 Å². The van der Waals surface area contributed by atoms with E-state index >= 15 is 0 Å². The third-order valence-corrected chi connectivity index (χ3v) is 3.90. The molecule has 0 heterocycles. The van der Waals surface area contributed by atoms with Gasteiger partial charge in [-0.3, -0.25) is 0 Å². The Bertz CT molecular complexity index is 339. The predicted octanol–water partition coefficient (Wildman–Crippen LogP) is 6.00. The maximum Gasteiger partial charge on any atom is 0.119 e. The molecule has 1 aromatic rings. The van der Waals surface area contributed by atoms with E-state index in [1.807, 2.05) is 58.9 Å². The van der Waals surface area contributed by atoms with E-state index in [1.165, 1.54) is 5.56 Å². The first-order chi connectivity index (χ1) is 10.5. The maximum absolute atomic E-state index is 10.0. The molecule has 1 rings (SSSR count). The van der Waals surface area contributed by atoms with E-state index in [0.29, 0.717) is 6.61 Å². The summed E-state index contributed by atoms with van der Waals surface area (Å²) in [5, 5.41) is 10.0. The monoisotopic (exact) mass is 310 g/mol. The lowest BCUT2D eigenvalue weighted by Gasteiger charge is -2.29. The zero-order chi connectivity index (χ0) is 17.6. The summed E-state index contributed by atoms with van der Waals surface area (Å²) < 4.78 is 5.61. The first-order valence-electron chi connectivity index (χ1n) is 8.86. The maximum atomic E-state index is 10.0. The fourth-order valence-corrected chi connectivity index (χ4v) is 1.99. The van der Waals surface area contributed by atoms with Gasteiger partial charge in [-0.1, -0.05) is 79.0 Å². The van der Waals surface area contributed by atoms with Gasteiger partial charge in [0.15, 0.2) is 0 Å². The zero-order valence-electron chi connectivity index (χ0n) is 16.1. The quantitative estimate of drug-likeness (QED) is 0.669. The standard InChI is InChI=1S/C16H26O2.2C2H6/c1-5-16(4,6-2)11-14(17)12-18-15-9-7-13(3)8-10-15;2*1-2/h7-10,14,17H,5-6,11-12H2,1-4H3;2*1-2H3. The molecule has 2 nitrogen and oxygen atoms in total. The third kappa shape index (κ3) is 9.83. The second-order valence-corrected chi connectivity index (χ2v) is 5.50. The molecule has 0 amide bonds. The second kappa shape index (κ2) is 13.6. The van der Waals surface area contributed by atoms with Crippen LogP contribution in [0.25, 0.3) is 0 Å². The first kappa shape index (κ1) is 23.2. The van der Waals surface area contributed by atoms with Crippen LogP contribution in [0.3, 0.4) is 0 Å². The fourth-order valence-electron chi connectivity index (χ4n) is 1.99. The summed E-state index contributed by atoms with van der Waals surface area (Å²) in [5.41, 5.74) is 1.43. The smallest absolute Gasteiger partial charge is 0.119 e. The van der Waals surface area contributed by atoms with Crippen molar-refractivity contribution in [3.8, 4) is 5.75 Å². The molecule has 0 fully saturated rings. The first-order valence-corrected chi connectivity index (χ1v) is 8.86. The predicted molar refractivity (Wildman–Crippen MR) is 98.7 cm³/mol. The van der Waals surface area contributed by atoms with E-state index in [2.05, 4.69) is 20.8 Å². The highest BCUT2D eigenvalue weighted by atomic mass is 16.5. The van der Waals surface area contributed by atoms with E-state index in [0.717, 1.165) is 25.0 Å². The van der Waals surface area contributed by atoms with Crippen LogP contribution in [0.2, 0.25) is 0 Å².